The molecule has 0 aliphatic rings. The zero-order chi connectivity index (χ0) is 14.1. The molecule has 0 aromatic heterocycles. The van der Waals surface area contributed by atoms with Crippen molar-refractivity contribution in [1.82, 2.24) is 4.90 Å². The van der Waals surface area contributed by atoms with Crippen LogP contribution in [0.3, 0.4) is 0 Å². The van der Waals surface area contributed by atoms with Gasteiger partial charge in [-0.2, -0.15) is 0 Å². The number of hydrogen-bond donors (Lipinski definition) is 1. The van der Waals surface area contributed by atoms with E-state index >= 15 is 0 Å². The highest BCUT2D eigenvalue weighted by Gasteiger charge is 2.09. The van der Waals surface area contributed by atoms with Gasteiger partial charge in [0.15, 0.2) is 0 Å². The van der Waals surface area contributed by atoms with Crippen LogP contribution < -0.4 is 5.73 Å². The number of unbranched alkanes of at least 4 members (excludes halogenated alkanes) is 2. The van der Waals surface area contributed by atoms with Crippen LogP contribution in [0.5, 0.6) is 0 Å². The average molecular weight is 278 g/mol. The van der Waals surface area contributed by atoms with Crippen molar-refractivity contribution in [2.75, 3.05) is 13.1 Å². The molecule has 1 aromatic carbocycles. The van der Waals surface area contributed by atoms with Crippen LogP contribution in [0.25, 0.3) is 0 Å². The molecule has 1 aromatic rings. The minimum absolute atomic E-state index is 0.501. The van der Waals surface area contributed by atoms with Gasteiger partial charge in [-0.15, -0.1) is 0 Å². The molecule has 0 saturated carbocycles. The Morgan fingerprint density at radius 1 is 1.11 bits per heavy atom. The predicted octanol–water partition coefficient (Wildman–Crippen LogP) is 3.72. The topological polar surface area (TPSA) is 29.3 Å². The van der Waals surface area contributed by atoms with Crippen LogP contribution in [0, 0.1) is 0 Å². The Morgan fingerprint density at radius 2 is 1.68 bits per heavy atom. The van der Waals surface area contributed by atoms with Gasteiger partial charge >= 0.3 is 0 Å². The van der Waals surface area contributed by atoms with E-state index in [-0.39, 0.29) is 0 Å². The summed E-state index contributed by atoms with van der Waals surface area (Å²) in [6.07, 6.45) is 4.97. The second kappa shape index (κ2) is 9.05. The van der Waals surface area contributed by atoms with E-state index in [4.69, 9.17) is 18.0 Å². The summed E-state index contributed by atoms with van der Waals surface area (Å²) in [6, 6.07) is 8.23. The molecule has 2 N–H and O–H groups in total. The van der Waals surface area contributed by atoms with Gasteiger partial charge in [0.25, 0.3) is 0 Å². The molecule has 0 saturated heterocycles. The van der Waals surface area contributed by atoms with Crippen molar-refractivity contribution >= 4 is 17.2 Å². The lowest BCUT2D eigenvalue weighted by molar-refractivity contribution is 0.257. The highest BCUT2D eigenvalue weighted by Crippen LogP contribution is 2.13. The highest BCUT2D eigenvalue weighted by molar-refractivity contribution is 7.80. The lowest BCUT2D eigenvalue weighted by Crippen LogP contribution is -2.27. The molecule has 0 bridgehead atoms. The third-order valence-corrected chi connectivity index (χ3v) is 3.55. The molecule has 0 spiro atoms. The maximum absolute atomic E-state index is 5.80. The molecule has 0 unspecified atom stereocenters. The normalized spacial score (nSPS) is 10.9. The molecule has 0 amide bonds. The Hall–Kier alpha value is -0.930. The van der Waals surface area contributed by atoms with E-state index in [9.17, 15) is 0 Å². The number of benzene rings is 1. The number of rotatable bonds is 9. The summed E-state index contributed by atoms with van der Waals surface area (Å²) in [5, 5.41) is 0. The maximum atomic E-state index is 5.80. The van der Waals surface area contributed by atoms with Gasteiger partial charge in [0.2, 0.25) is 0 Å². The van der Waals surface area contributed by atoms with Crippen LogP contribution in [0.15, 0.2) is 24.3 Å². The van der Waals surface area contributed by atoms with E-state index in [1.54, 1.807) is 0 Å². The zero-order valence-corrected chi connectivity index (χ0v) is 13.0. The van der Waals surface area contributed by atoms with Crippen LogP contribution in [0.2, 0.25) is 0 Å². The van der Waals surface area contributed by atoms with Crippen molar-refractivity contribution in [3.8, 4) is 0 Å². The molecule has 2 nitrogen and oxygen atoms in total. The van der Waals surface area contributed by atoms with Crippen LogP contribution in [-0.4, -0.2) is 23.0 Å². The SMILES string of the molecule is CCCCN(CCCC)Cc1ccccc1C(N)=S. The van der Waals surface area contributed by atoms with Crippen LogP contribution >= 0.6 is 12.2 Å². The largest absolute Gasteiger partial charge is 0.389 e. The number of nitrogens with two attached hydrogens (primary N) is 1. The Balaban J connectivity index is 2.74. The van der Waals surface area contributed by atoms with Gasteiger partial charge < -0.3 is 5.73 Å². The van der Waals surface area contributed by atoms with Crippen LogP contribution in [0.4, 0.5) is 0 Å². The highest BCUT2D eigenvalue weighted by atomic mass is 32.1. The summed E-state index contributed by atoms with van der Waals surface area (Å²) >= 11 is 5.14. The van der Waals surface area contributed by atoms with E-state index in [1.807, 2.05) is 12.1 Å². The van der Waals surface area contributed by atoms with Crippen LogP contribution in [0.1, 0.15) is 50.7 Å². The monoisotopic (exact) mass is 278 g/mol. The van der Waals surface area contributed by atoms with E-state index < -0.39 is 0 Å². The number of thiocarbonyl (C=S) groups is 1. The molecule has 1 rings (SSSR count). The van der Waals surface area contributed by atoms with Crippen molar-refractivity contribution in [1.29, 1.82) is 0 Å². The van der Waals surface area contributed by atoms with Crippen LogP contribution in [-0.2, 0) is 6.54 Å². The Labute approximate surface area is 123 Å². The Kier molecular flexibility index (Phi) is 7.68. The first-order valence-electron chi connectivity index (χ1n) is 7.29. The number of hydrogen-bond acceptors (Lipinski definition) is 2. The van der Waals surface area contributed by atoms with Crippen molar-refractivity contribution in [3.05, 3.63) is 35.4 Å². The van der Waals surface area contributed by atoms with Gasteiger partial charge in [-0.05, 0) is 31.5 Å². The van der Waals surface area contributed by atoms with Gasteiger partial charge in [-0.3, -0.25) is 4.90 Å². The third-order valence-electron chi connectivity index (χ3n) is 3.33. The van der Waals surface area contributed by atoms with E-state index in [1.165, 1.54) is 31.2 Å². The quantitative estimate of drug-likeness (QED) is 0.698. The summed E-state index contributed by atoms with van der Waals surface area (Å²) < 4.78 is 0. The summed E-state index contributed by atoms with van der Waals surface area (Å²) in [4.78, 5) is 3.02. The predicted molar refractivity (Wildman–Crippen MR) is 87.4 cm³/mol. The number of nitrogens with zero attached hydrogens (tertiary/aromatic N) is 1. The van der Waals surface area contributed by atoms with Crippen molar-refractivity contribution in [2.24, 2.45) is 5.73 Å². The molecular formula is C16H26N2S. The molecule has 106 valence electrons. The van der Waals surface area contributed by atoms with E-state index in [0.717, 1.165) is 25.2 Å². The molecule has 19 heavy (non-hydrogen) atoms. The summed E-state index contributed by atoms with van der Waals surface area (Å²) in [5.74, 6) is 0. The molecule has 0 fully saturated rings. The Bertz CT molecular complexity index is 382. The summed E-state index contributed by atoms with van der Waals surface area (Å²) in [7, 11) is 0. The lowest BCUT2D eigenvalue weighted by Gasteiger charge is -2.23. The fourth-order valence-corrected chi connectivity index (χ4v) is 2.37. The summed E-state index contributed by atoms with van der Waals surface area (Å²) in [5.41, 5.74) is 8.08. The van der Waals surface area contributed by atoms with Gasteiger partial charge in [-0.25, -0.2) is 0 Å². The van der Waals surface area contributed by atoms with Gasteiger partial charge in [-0.1, -0.05) is 63.2 Å². The maximum Gasteiger partial charge on any atom is 0.104 e. The van der Waals surface area contributed by atoms with Gasteiger partial charge in [0.1, 0.15) is 4.99 Å². The van der Waals surface area contributed by atoms with Crippen molar-refractivity contribution in [3.63, 3.8) is 0 Å². The van der Waals surface area contributed by atoms with Crippen molar-refractivity contribution in [2.45, 2.75) is 46.1 Å². The second-order valence-electron chi connectivity index (χ2n) is 5.00. The molecule has 0 heterocycles. The Morgan fingerprint density at radius 3 is 2.21 bits per heavy atom. The zero-order valence-electron chi connectivity index (χ0n) is 12.2. The minimum atomic E-state index is 0.501. The lowest BCUT2D eigenvalue weighted by atomic mass is 10.1. The van der Waals surface area contributed by atoms with Crippen molar-refractivity contribution < 1.29 is 0 Å². The minimum Gasteiger partial charge on any atom is -0.389 e. The smallest absolute Gasteiger partial charge is 0.104 e. The molecule has 0 aliphatic carbocycles. The van der Waals surface area contributed by atoms with E-state index in [0.29, 0.717) is 4.99 Å². The molecule has 0 radical (unpaired) electrons. The molecule has 3 heteroatoms. The molecular weight excluding hydrogens is 252 g/mol. The standard InChI is InChI=1S/C16H26N2S/c1-3-5-11-18(12-6-4-2)13-14-9-7-8-10-15(14)16(17)19/h7-10H,3-6,11-13H2,1-2H3,(H2,17,19). The fraction of sp³-hybridized carbons (Fsp3) is 0.562. The molecule has 0 aliphatic heterocycles. The van der Waals surface area contributed by atoms with Gasteiger partial charge in [0.05, 0.1) is 0 Å². The first kappa shape index (κ1) is 16.1. The second-order valence-corrected chi connectivity index (χ2v) is 5.44. The third kappa shape index (κ3) is 5.70. The first-order chi connectivity index (χ1) is 9.19. The van der Waals surface area contributed by atoms with Gasteiger partial charge in [0, 0.05) is 12.1 Å². The fourth-order valence-electron chi connectivity index (χ4n) is 2.17. The van der Waals surface area contributed by atoms with E-state index in [2.05, 4.69) is 30.9 Å². The summed E-state index contributed by atoms with van der Waals surface area (Å²) in [6.45, 7) is 7.74. The molecule has 0 atom stereocenters. The first-order valence-corrected chi connectivity index (χ1v) is 7.69. The average Bonchev–Trinajstić information content (AvgIpc) is 2.42.